The molecule has 6 nitrogen and oxygen atoms in total. The minimum absolute atomic E-state index is 0.0767. The Hall–Kier alpha value is -2.02. The van der Waals surface area contributed by atoms with Gasteiger partial charge in [0.2, 0.25) is 0 Å². The Bertz CT molecular complexity index is 871. The second kappa shape index (κ2) is 5.51. The maximum absolute atomic E-state index is 4.78. The second-order valence-electron chi connectivity index (χ2n) is 7.51. The van der Waals surface area contributed by atoms with Gasteiger partial charge in [0.25, 0.3) is 0 Å². The summed E-state index contributed by atoms with van der Waals surface area (Å²) in [5.41, 5.74) is 2.02. The fraction of sp³-hybridized carbons (Fsp3) is 0.529. The van der Waals surface area contributed by atoms with Crippen LogP contribution < -0.4 is 5.32 Å². The van der Waals surface area contributed by atoms with Crippen molar-refractivity contribution in [3.63, 3.8) is 0 Å². The normalized spacial score (nSPS) is 16.5. The lowest BCUT2D eigenvalue weighted by molar-refractivity contribution is 0.569. The first-order chi connectivity index (χ1) is 11.4. The third-order valence-corrected chi connectivity index (χ3v) is 5.28. The molecule has 0 unspecified atom stereocenters. The topological polar surface area (TPSA) is 68.0 Å². The number of nitrogens with one attached hydrogen (secondary N) is 1. The zero-order valence-corrected chi connectivity index (χ0v) is 15.3. The quantitative estimate of drug-likeness (QED) is 0.778. The van der Waals surface area contributed by atoms with E-state index < -0.39 is 0 Å². The Balaban J connectivity index is 1.57. The van der Waals surface area contributed by atoms with E-state index in [0.29, 0.717) is 5.92 Å². The predicted molar refractivity (Wildman–Crippen MR) is 95.6 cm³/mol. The Morgan fingerprint density at radius 1 is 1.25 bits per heavy atom. The molecule has 1 aliphatic carbocycles. The van der Waals surface area contributed by atoms with E-state index in [1.807, 2.05) is 16.6 Å². The third kappa shape index (κ3) is 2.88. The molecule has 3 heterocycles. The third-order valence-electron chi connectivity index (χ3n) is 4.25. The van der Waals surface area contributed by atoms with E-state index in [2.05, 4.69) is 53.7 Å². The first-order valence-electron chi connectivity index (χ1n) is 8.36. The van der Waals surface area contributed by atoms with Crippen molar-refractivity contribution in [2.75, 3.05) is 5.32 Å². The van der Waals surface area contributed by atoms with E-state index in [0.717, 1.165) is 28.0 Å². The van der Waals surface area contributed by atoms with E-state index in [-0.39, 0.29) is 11.5 Å². The number of hydrogen-bond acceptors (Lipinski definition) is 6. The molecule has 3 aromatic heterocycles. The summed E-state index contributed by atoms with van der Waals surface area (Å²) in [6.07, 6.45) is 2.37. The molecule has 0 bridgehead atoms. The van der Waals surface area contributed by atoms with Gasteiger partial charge in [0.15, 0.2) is 11.5 Å². The minimum atomic E-state index is 0.0767. The van der Waals surface area contributed by atoms with Crippen molar-refractivity contribution in [1.29, 1.82) is 0 Å². The van der Waals surface area contributed by atoms with Gasteiger partial charge in [0, 0.05) is 16.7 Å². The maximum atomic E-state index is 4.78. The van der Waals surface area contributed by atoms with Gasteiger partial charge in [0.05, 0.1) is 11.7 Å². The van der Waals surface area contributed by atoms with Crippen molar-refractivity contribution < 1.29 is 0 Å². The molecule has 24 heavy (non-hydrogen) atoms. The highest BCUT2D eigenvalue weighted by atomic mass is 32.1. The lowest BCUT2D eigenvalue weighted by atomic mass is 9.93. The summed E-state index contributed by atoms with van der Waals surface area (Å²) in [4.78, 5) is 4.78. The summed E-state index contributed by atoms with van der Waals surface area (Å²) < 4.78 is 1.87. The van der Waals surface area contributed by atoms with Crippen molar-refractivity contribution in [2.45, 2.75) is 57.9 Å². The van der Waals surface area contributed by atoms with Crippen LogP contribution in [0.25, 0.3) is 5.65 Å². The number of nitrogens with zero attached hydrogens (tertiary/aromatic N) is 5. The van der Waals surface area contributed by atoms with Crippen LogP contribution in [0, 0.1) is 0 Å². The first-order valence-corrected chi connectivity index (χ1v) is 9.24. The Kier molecular flexibility index (Phi) is 3.56. The summed E-state index contributed by atoms with van der Waals surface area (Å²) >= 11 is 1.69. The van der Waals surface area contributed by atoms with Crippen LogP contribution in [0.15, 0.2) is 17.5 Å². The van der Waals surface area contributed by atoms with Gasteiger partial charge in [-0.2, -0.15) is 4.52 Å². The number of hydrogen-bond donors (Lipinski definition) is 1. The molecule has 0 amide bonds. The van der Waals surface area contributed by atoms with E-state index in [9.17, 15) is 0 Å². The van der Waals surface area contributed by atoms with Gasteiger partial charge >= 0.3 is 0 Å². The smallest absolute Gasteiger partial charge is 0.178 e. The Labute approximate surface area is 145 Å². The Morgan fingerprint density at radius 2 is 2.04 bits per heavy atom. The van der Waals surface area contributed by atoms with Crippen molar-refractivity contribution in [2.24, 2.45) is 0 Å². The molecular weight excluding hydrogens is 320 g/mol. The zero-order valence-electron chi connectivity index (χ0n) is 14.4. The zero-order chi connectivity index (χ0) is 16.9. The first kappa shape index (κ1) is 15.5. The van der Waals surface area contributed by atoms with Gasteiger partial charge in [-0.1, -0.05) is 20.8 Å². The highest BCUT2D eigenvalue weighted by Gasteiger charge is 2.29. The van der Waals surface area contributed by atoms with E-state index in [4.69, 9.17) is 4.98 Å². The van der Waals surface area contributed by atoms with Gasteiger partial charge in [0.1, 0.15) is 10.8 Å². The van der Waals surface area contributed by atoms with Crippen molar-refractivity contribution in [1.82, 2.24) is 24.8 Å². The molecule has 7 heteroatoms. The van der Waals surface area contributed by atoms with Crippen LogP contribution in [-0.2, 0) is 5.41 Å². The molecule has 0 spiro atoms. The lowest BCUT2D eigenvalue weighted by Gasteiger charge is -2.15. The fourth-order valence-corrected chi connectivity index (χ4v) is 3.65. The molecule has 1 fully saturated rings. The van der Waals surface area contributed by atoms with E-state index >= 15 is 0 Å². The maximum Gasteiger partial charge on any atom is 0.178 e. The van der Waals surface area contributed by atoms with Gasteiger partial charge in [-0.05, 0) is 31.9 Å². The number of thiazole rings is 1. The summed E-state index contributed by atoms with van der Waals surface area (Å²) in [7, 11) is 0. The molecule has 126 valence electrons. The number of fused-ring (bicyclic) bond motifs is 1. The monoisotopic (exact) mass is 342 g/mol. The SMILES string of the molecule is C[C@H](Nc1ccc2nnc(C3CC3)n2n1)c1nc(C(C)(C)C)cs1. The summed E-state index contributed by atoms with van der Waals surface area (Å²) in [6.45, 7) is 8.67. The van der Waals surface area contributed by atoms with Gasteiger partial charge in [-0.25, -0.2) is 4.98 Å². The molecule has 1 atom stereocenters. The summed E-state index contributed by atoms with van der Waals surface area (Å²) in [6, 6.07) is 4.02. The van der Waals surface area contributed by atoms with Crippen LogP contribution in [0.2, 0.25) is 0 Å². The molecule has 4 rings (SSSR count). The number of aromatic nitrogens is 5. The van der Waals surface area contributed by atoms with Gasteiger partial charge in [-0.15, -0.1) is 26.6 Å². The molecule has 0 aromatic carbocycles. The minimum Gasteiger partial charge on any atom is -0.360 e. The molecule has 1 N–H and O–H groups in total. The highest BCUT2D eigenvalue weighted by molar-refractivity contribution is 7.09. The molecular formula is C17H22N6S. The summed E-state index contributed by atoms with van der Waals surface area (Å²) in [5, 5.41) is 19.8. The lowest BCUT2D eigenvalue weighted by Crippen LogP contribution is -2.13. The largest absolute Gasteiger partial charge is 0.360 e. The molecule has 1 aliphatic rings. The molecule has 0 aliphatic heterocycles. The van der Waals surface area contributed by atoms with Gasteiger partial charge < -0.3 is 5.32 Å². The molecule has 0 saturated heterocycles. The van der Waals surface area contributed by atoms with Crippen LogP contribution in [0.4, 0.5) is 5.82 Å². The predicted octanol–water partition coefficient (Wildman–Crippen LogP) is 3.93. The molecule has 3 aromatic rings. The van der Waals surface area contributed by atoms with E-state index in [1.54, 1.807) is 11.3 Å². The van der Waals surface area contributed by atoms with Crippen LogP contribution in [0.3, 0.4) is 0 Å². The van der Waals surface area contributed by atoms with Crippen LogP contribution in [-0.4, -0.2) is 24.8 Å². The Morgan fingerprint density at radius 3 is 2.71 bits per heavy atom. The standard InChI is InChI=1S/C17H22N6S/c1-10(16-19-12(9-24-16)17(2,3)4)18-13-7-8-14-20-21-15(11-5-6-11)23(14)22-13/h7-11H,5-6H2,1-4H3,(H,18,22)/t10-/m0/s1. The number of rotatable bonds is 4. The number of anilines is 1. The average molecular weight is 342 g/mol. The fourth-order valence-electron chi connectivity index (χ4n) is 2.59. The summed E-state index contributed by atoms with van der Waals surface area (Å²) in [5.74, 6) is 2.32. The second-order valence-corrected chi connectivity index (χ2v) is 8.40. The van der Waals surface area contributed by atoms with Gasteiger partial charge in [-0.3, -0.25) is 0 Å². The highest BCUT2D eigenvalue weighted by Crippen LogP contribution is 2.38. The van der Waals surface area contributed by atoms with Crippen molar-refractivity contribution >= 4 is 22.8 Å². The van der Waals surface area contributed by atoms with Crippen molar-refractivity contribution in [3.8, 4) is 0 Å². The van der Waals surface area contributed by atoms with Crippen LogP contribution >= 0.6 is 11.3 Å². The molecule has 0 radical (unpaired) electrons. The van der Waals surface area contributed by atoms with Crippen LogP contribution in [0.5, 0.6) is 0 Å². The average Bonchev–Trinajstić information content (AvgIpc) is 3.09. The van der Waals surface area contributed by atoms with Crippen molar-refractivity contribution in [3.05, 3.63) is 34.0 Å². The van der Waals surface area contributed by atoms with Crippen LogP contribution in [0.1, 0.15) is 69.0 Å². The molecule has 1 saturated carbocycles. The van der Waals surface area contributed by atoms with E-state index in [1.165, 1.54) is 12.8 Å².